The summed E-state index contributed by atoms with van der Waals surface area (Å²) in [6.45, 7) is 0. The molecule has 0 aliphatic rings. The van der Waals surface area contributed by atoms with Crippen LogP contribution in [0.25, 0.3) is 11.0 Å². The fourth-order valence-corrected chi connectivity index (χ4v) is 3.68. The van der Waals surface area contributed by atoms with Crippen LogP contribution in [0.3, 0.4) is 0 Å². The van der Waals surface area contributed by atoms with E-state index >= 15 is 0 Å². The average Bonchev–Trinajstić information content (AvgIpc) is 3.05. The molecule has 11 heteroatoms. The zero-order chi connectivity index (χ0) is 18.9. The number of ketones is 1. The van der Waals surface area contributed by atoms with Crippen LogP contribution in [0.5, 0.6) is 11.5 Å². The summed E-state index contributed by atoms with van der Waals surface area (Å²) in [5.41, 5.74) is 1.47. The summed E-state index contributed by atoms with van der Waals surface area (Å²) < 4.78 is 50.4. The van der Waals surface area contributed by atoms with Crippen molar-refractivity contribution in [2.75, 3.05) is 14.2 Å². The molecule has 0 saturated heterocycles. The number of carbonyl (C=O) groups is 1. The van der Waals surface area contributed by atoms with E-state index in [0.717, 1.165) is 11.7 Å². The van der Waals surface area contributed by atoms with Gasteiger partial charge in [0.2, 0.25) is 0 Å². The minimum atomic E-state index is -4.33. The molecule has 0 saturated carbocycles. The van der Waals surface area contributed by atoms with E-state index in [1.54, 1.807) is 12.1 Å². The Bertz CT molecular complexity index is 1100. The maximum Gasteiger partial charge on any atom is 1.00 e. The van der Waals surface area contributed by atoms with Crippen molar-refractivity contribution in [3.63, 3.8) is 0 Å². The maximum atomic E-state index is 13.0. The summed E-state index contributed by atoms with van der Waals surface area (Å²) in [6, 6.07) is 7.54. The van der Waals surface area contributed by atoms with Gasteiger partial charge in [-0.15, -0.1) is 0 Å². The van der Waals surface area contributed by atoms with Gasteiger partial charge in [-0.1, -0.05) is 0 Å². The smallest absolute Gasteiger partial charge is 1.00 e. The second-order valence-corrected chi connectivity index (χ2v) is 7.37. The summed E-state index contributed by atoms with van der Waals surface area (Å²) >= 11 is 0.947. The Balaban J connectivity index is 0.00000196. The first-order valence-electron chi connectivity index (χ1n) is 7.29. The van der Waals surface area contributed by atoms with Crippen molar-refractivity contribution < 1.29 is 58.2 Å². The molecular formula is C16H15N2NaO6S2. The third kappa shape index (κ3) is 4.84. The van der Waals surface area contributed by atoms with Gasteiger partial charge in [0.05, 0.1) is 25.9 Å². The van der Waals surface area contributed by atoms with E-state index in [2.05, 4.69) is 8.75 Å². The number of rotatable bonds is 6. The Morgan fingerprint density at radius 2 is 1.74 bits per heavy atom. The molecule has 0 unspecified atom stereocenters. The Hall–Kier alpha value is -1.56. The number of aromatic nitrogens is 2. The molecule has 0 bridgehead atoms. The minimum absolute atomic E-state index is 0. The predicted octanol–water partition coefficient (Wildman–Crippen LogP) is -0.556. The number of benzene rings is 2. The molecule has 0 radical (unpaired) electrons. The van der Waals surface area contributed by atoms with Gasteiger partial charge in [0, 0.05) is 11.1 Å². The van der Waals surface area contributed by atoms with Crippen LogP contribution < -0.4 is 39.0 Å². The third-order valence-electron chi connectivity index (χ3n) is 3.71. The molecule has 0 spiro atoms. The molecule has 0 amide bonds. The molecule has 27 heavy (non-hydrogen) atoms. The van der Waals surface area contributed by atoms with Gasteiger partial charge in [-0.2, -0.15) is 17.2 Å². The molecule has 0 aliphatic carbocycles. The van der Waals surface area contributed by atoms with Gasteiger partial charge >= 0.3 is 29.6 Å². The Kier molecular flexibility index (Phi) is 6.95. The van der Waals surface area contributed by atoms with Crippen LogP contribution in [0, 0.1) is 0 Å². The number of hydrogen-bond donors (Lipinski definition) is 1. The minimum Gasteiger partial charge on any atom is -1.00 e. The maximum absolute atomic E-state index is 13.0. The van der Waals surface area contributed by atoms with Gasteiger partial charge in [0.25, 0.3) is 10.1 Å². The van der Waals surface area contributed by atoms with Gasteiger partial charge in [-0.3, -0.25) is 9.35 Å². The van der Waals surface area contributed by atoms with Crippen LogP contribution in [0.1, 0.15) is 22.9 Å². The van der Waals surface area contributed by atoms with E-state index in [4.69, 9.17) is 9.47 Å². The number of fused-ring (bicyclic) bond motifs is 1. The van der Waals surface area contributed by atoms with E-state index in [-0.39, 0.29) is 47.7 Å². The Morgan fingerprint density at radius 3 is 2.33 bits per heavy atom. The molecule has 0 aliphatic heterocycles. The average molecular weight is 418 g/mol. The summed E-state index contributed by atoms with van der Waals surface area (Å²) in [4.78, 5) is 13.0. The van der Waals surface area contributed by atoms with Crippen LogP contribution >= 0.6 is 11.7 Å². The first kappa shape index (κ1) is 21.7. The number of carbonyl (C=O) groups excluding carboxylic acids is 1. The first-order valence-corrected chi connectivity index (χ1v) is 9.63. The monoisotopic (exact) mass is 418 g/mol. The normalized spacial score (nSPS) is 11.1. The summed E-state index contributed by atoms with van der Waals surface area (Å²) in [5, 5.41) is 0. The van der Waals surface area contributed by atoms with Crippen molar-refractivity contribution in [1.29, 1.82) is 0 Å². The van der Waals surface area contributed by atoms with Crippen molar-refractivity contribution in [2.24, 2.45) is 0 Å². The molecular weight excluding hydrogens is 403 g/mol. The number of ether oxygens (including phenoxy) is 2. The molecule has 0 atom stereocenters. The van der Waals surface area contributed by atoms with Crippen molar-refractivity contribution in [3.8, 4) is 11.5 Å². The Morgan fingerprint density at radius 1 is 1.11 bits per heavy atom. The van der Waals surface area contributed by atoms with Crippen molar-refractivity contribution in [1.82, 2.24) is 8.75 Å². The standard InChI is InChI=1S/C16H14N2O6S2.Na.H/c1-23-14-4-3-9(6-15(14)24-2)16(19)11-7-13-12(17-25-18-13)5-10(11)8-26(20,21)22;;/h3-7H,8H2,1-2H3,(H,20,21,22);;/q;+1;-1. The van der Waals surface area contributed by atoms with E-state index < -0.39 is 21.7 Å². The van der Waals surface area contributed by atoms with Gasteiger partial charge < -0.3 is 10.9 Å². The van der Waals surface area contributed by atoms with Crippen LogP contribution in [0.2, 0.25) is 0 Å². The fraction of sp³-hybridized carbons (Fsp3) is 0.188. The van der Waals surface area contributed by atoms with E-state index in [1.165, 1.54) is 32.4 Å². The zero-order valence-corrected chi connectivity index (χ0v) is 18.4. The van der Waals surface area contributed by atoms with E-state index in [9.17, 15) is 17.8 Å². The van der Waals surface area contributed by atoms with Crippen molar-refractivity contribution >= 4 is 38.7 Å². The second-order valence-electron chi connectivity index (χ2n) is 5.39. The van der Waals surface area contributed by atoms with Gasteiger partial charge in [-0.05, 0) is 35.9 Å². The fourth-order valence-electron chi connectivity index (χ4n) is 2.53. The van der Waals surface area contributed by atoms with Crippen molar-refractivity contribution in [3.05, 3.63) is 47.0 Å². The number of nitrogens with zero attached hydrogens (tertiary/aromatic N) is 2. The molecule has 3 aromatic rings. The number of methoxy groups -OCH3 is 2. The van der Waals surface area contributed by atoms with Crippen LogP contribution in [-0.2, 0) is 15.9 Å². The second kappa shape index (κ2) is 8.63. The quantitative estimate of drug-likeness (QED) is 0.322. The summed E-state index contributed by atoms with van der Waals surface area (Å²) in [6.07, 6.45) is 0. The van der Waals surface area contributed by atoms with Crippen molar-refractivity contribution in [2.45, 2.75) is 5.75 Å². The SMILES string of the molecule is COc1ccc(C(=O)c2cc3nsnc3cc2CS(=O)(=O)O)cc1OC.[H-].[Na+]. The van der Waals surface area contributed by atoms with Gasteiger partial charge in [0.1, 0.15) is 16.8 Å². The molecule has 2 aromatic carbocycles. The molecule has 3 rings (SSSR count). The van der Waals surface area contributed by atoms with Gasteiger partial charge in [-0.25, -0.2) is 0 Å². The van der Waals surface area contributed by atoms with E-state index in [0.29, 0.717) is 22.5 Å². The molecule has 1 aromatic heterocycles. The molecule has 0 fully saturated rings. The predicted molar refractivity (Wildman–Crippen MR) is 96.8 cm³/mol. The third-order valence-corrected chi connectivity index (χ3v) is 4.94. The van der Waals surface area contributed by atoms with Crippen LogP contribution in [0.15, 0.2) is 30.3 Å². The first-order chi connectivity index (χ1) is 12.3. The van der Waals surface area contributed by atoms with E-state index in [1.807, 2.05) is 0 Å². The molecule has 8 nitrogen and oxygen atoms in total. The largest absolute Gasteiger partial charge is 1.00 e. The van der Waals surface area contributed by atoms with Gasteiger partial charge in [0.15, 0.2) is 17.3 Å². The molecule has 1 heterocycles. The summed E-state index contributed by atoms with van der Waals surface area (Å²) in [5.74, 6) is -0.304. The van der Waals surface area contributed by atoms with Crippen LogP contribution in [0.4, 0.5) is 0 Å². The molecule has 1 N–H and O–H groups in total. The number of hydrogen-bond acceptors (Lipinski definition) is 8. The zero-order valence-electron chi connectivity index (χ0n) is 15.8. The molecule has 138 valence electrons. The van der Waals surface area contributed by atoms with Crippen LogP contribution in [-0.4, -0.2) is 41.7 Å². The summed E-state index contributed by atoms with van der Waals surface area (Å²) in [7, 11) is -1.41. The Labute approximate surface area is 183 Å². The topological polar surface area (TPSA) is 116 Å².